The van der Waals surface area contributed by atoms with E-state index in [1.54, 1.807) is 0 Å². The summed E-state index contributed by atoms with van der Waals surface area (Å²) in [6.07, 6.45) is 0.146. The number of aromatic nitrogens is 1. The third-order valence-electron chi connectivity index (χ3n) is 4.63. The lowest BCUT2D eigenvalue weighted by Gasteiger charge is -2.07. The van der Waals surface area contributed by atoms with Crippen LogP contribution in [0.3, 0.4) is 0 Å². The molecule has 27 heavy (non-hydrogen) atoms. The molecule has 0 saturated carbocycles. The largest absolute Gasteiger partial charge is 0.454 e. The van der Waals surface area contributed by atoms with Crippen LogP contribution in [-0.2, 0) is 11.2 Å². The molecule has 1 N–H and O–H groups in total. The molecule has 0 fully saturated rings. The predicted molar refractivity (Wildman–Crippen MR) is 101 cm³/mol. The van der Waals surface area contributed by atoms with Crippen LogP contribution in [0, 0.1) is 20.8 Å². The molecular weight excluding hydrogens is 344 g/mol. The van der Waals surface area contributed by atoms with Gasteiger partial charge in [-0.2, -0.15) is 0 Å². The van der Waals surface area contributed by atoms with Crippen molar-refractivity contribution >= 4 is 11.6 Å². The number of ether oxygens (including phenoxy) is 2. The first-order chi connectivity index (χ1) is 13.0. The van der Waals surface area contributed by atoms with E-state index in [2.05, 4.69) is 10.3 Å². The minimum atomic E-state index is -0.133. The normalized spacial score (nSPS) is 12.3. The Kier molecular flexibility index (Phi) is 4.32. The van der Waals surface area contributed by atoms with Gasteiger partial charge in [0, 0.05) is 11.3 Å². The summed E-state index contributed by atoms with van der Waals surface area (Å²) < 4.78 is 16.5. The molecule has 3 aromatic rings. The Morgan fingerprint density at radius 2 is 1.85 bits per heavy atom. The molecule has 6 nitrogen and oxygen atoms in total. The van der Waals surface area contributed by atoms with Crippen LogP contribution in [-0.4, -0.2) is 17.7 Å². The topological polar surface area (TPSA) is 73.6 Å². The van der Waals surface area contributed by atoms with Gasteiger partial charge in [-0.1, -0.05) is 6.07 Å². The molecule has 4 rings (SSSR count). The first-order valence-electron chi connectivity index (χ1n) is 8.73. The SMILES string of the molecule is Cc1ccc(NC(=O)Cc2nc(-c3ccc4c(c3)OCO4)oc2C)cc1C. The van der Waals surface area contributed by atoms with Gasteiger partial charge in [-0.15, -0.1) is 0 Å². The minimum absolute atomic E-state index is 0.133. The fraction of sp³-hybridized carbons (Fsp3) is 0.238. The van der Waals surface area contributed by atoms with Crippen LogP contribution in [0.1, 0.15) is 22.6 Å². The monoisotopic (exact) mass is 364 g/mol. The van der Waals surface area contributed by atoms with Crippen LogP contribution in [0.5, 0.6) is 11.5 Å². The van der Waals surface area contributed by atoms with Crippen molar-refractivity contribution < 1.29 is 18.7 Å². The van der Waals surface area contributed by atoms with Crippen molar-refractivity contribution in [3.05, 3.63) is 59.0 Å². The van der Waals surface area contributed by atoms with Gasteiger partial charge in [0.1, 0.15) is 5.76 Å². The average molecular weight is 364 g/mol. The second kappa shape index (κ2) is 6.79. The summed E-state index contributed by atoms with van der Waals surface area (Å²) >= 11 is 0. The van der Waals surface area contributed by atoms with Crippen LogP contribution in [0.4, 0.5) is 5.69 Å². The third-order valence-corrected chi connectivity index (χ3v) is 4.63. The molecule has 2 heterocycles. The number of nitrogens with one attached hydrogen (secondary N) is 1. The van der Waals surface area contributed by atoms with Gasteiger partial charge in [-0.05, 0) is 62.2 Å². The van der Waals surface area contributed by atoms with E-state index in [0.717, 1.165) is 16.8 Å². The molecule has 1 amide bonds. The standard InChI is InChI=1S/C21H20N2O4/c1-12-4-6-16(8-13(12)2)22-20(24)10-17-14(3)27-21(23-17)15-5-7-18-19(9-15)26-11-25-18/h4-9H,10-11H2,1-3H3,(H,22,24). The number of oxazole rings is 1. The van der Waals surface area contributed by atoms with E-state index in [9.17, 15) is 4.79 Å². The summed E-state index contributed by atoms with van der Waals surface area (Å²) in [5.41, 5.74) is 4.50. The van der Waals surface area contributed by atoms with Gasteiger partial charge in [-0.3, -0.25) is 4.79 Å². The van der Waals surface area contributed by atoms with E-state index in [-0.39, 0.29) is 19.1 Å². The smallest absolute Gasteiger partial charge is 0.231 e. The third kappa shape index (κ3) is 3.51. The fourth-order valence-electron chi connectivity index (χ4n) is 2.92. The summed E-state index contributed by atoms with van der Waals surface area (Å²) in [7, 11) is 0. The summed E-state index contributed by atoms with van der Waals surface area (Å²) in [5, 5.41) is 2.91. The highest BCUT2D eigenvalue weighted by molar-refractivity contribution is 5.92. The number of anilines is 1. The maximum absolute atomic E-state index is 12.4. The van der Waals surface area contributed by atoms with Crippen molar-refractivity contribution in [2.75, 3.05) is 12.1 Å². The molecule has 0 atom stereocenters. The molecule has 0 unspecified atom stereocenters. The number of amides is 1. The maximum atomic E-state index is 12.4. The van der Waals surface area contributed by atoms with Gasteiger partial charge in [-0.25, -0.2) is 4.98 Å². The number of hydrogen-bond donors (Lipinski definition) is 1. The summed E-state index contributed by atoms with van der Waals surface area (Å²) in [4.78, 5) is 16.9. The Balaban J connectivity index is 1.49. The number of nitrogens with zero attached hydrogens (tertiary/aromatic N) is 1. The number of carbonyl (C=O) groups excluding carboxylic acids is 1. The molecular formula is C21H20N2O4. The number of hydrogen-bond acceptors (Lipinski definition) is 5. The molecule has 0 radical (unpaired) electrons. The fourth-order valence-corrected chi connectivity index (χ4v) is 2.92. The Bertz CT molecular complexity index is 1020. The van der Waals surface area contributed by atoms with Crippen molar-refractivity contribution in [3.63, 3.8) is 0 Å². The van der Waals surface area contributed by atoms with Gasteiger partial charge >= 0.3 is 0 Å². The molecule has 0 spiro atoms. The van der Waals surface area contributed by atoms with Crippen LogP contribution in [0.25, 0.3) is 11.5 Å². The molecule has 1 aromatic heterocycles. The van der Waals surface area contributed by atoms with Crippen molar-refractivity contribution in [3.8, 4) is 23.0 Å². The quantitative estimate of drug-likeness (QED) is 0.752. The molecule has 0 saturated heterocycles. The van der Waals surface area contributed by atoms with Crippen molar-refractivity contribution in [1.29, 1.82) is 0 Å². The van der Waals surface area contributed by atoms with E-state index < -0.39 is 0 Å². The van der Waals surface area contributed by atoms with Gasteiger partial charge in [0.15, 0.2) is 11.5 Å². The summed E-state index contributed by atoms with van der Waals surface area (Å²) in [6.45, 7) is 6.08. The number of fused-ring (bicyclic) bond motifs is 1. The lowest BCUT2D eigenvalue weighted by Crippen LogP contribution is -2.15. The van der Waals surface area contributed by atoms with E-state index in [1.165, 1.54) is 5.56 Å². The maximum Gasteiger partial charge on any atom is 0.231 e. The highest BCUT2D eigenvalue weighted by Gasteiger charge is 2.18. The van der Waals surface area contributed by atoms with Crippen LogP contribution >= 0.6 is 0 Å². The Hall–Kier alpha value is -3.28. The lowest BCUT2D eigenvalue weighted by molar-refractivity contribution is -0.115. The summed E-state index contributed by atoms with van der Waals surface area (Å²) in [5.74, 6) is 2.32. The highest BCUT2D eigenvalue weighted by Crippen LogP contribution is 2.36. The number of rotatable bonds is 4. The molecule has 1 aliphatic rings. The van der Waals surface area contributed by atoms with Crippen molar-refractivity contribution in [1.82, 2.24) is 4.98 Å². The zero-order valence-corrected chi connectivity index (χ0v) is 15.5. The predicted octanol–water partition coefficient (Wildman–Crippen LogP) is 4.18. The first-order valence-corrected chi connectivity index (χ1v) is 8.73. The second-order valence-corrected chi connectivity index (χ2v) is 6.61. The van der Waals surface area contributed by atoms with Crippen LogP contribution in [0.15, 0.2) is 40.8 Å². The van der Waals surface area contributed by atoms with Gasteiger partial charge in [0.2, 0.25) is 18.6 Å². The van der Waals surface area contributed by atoms with Crippen LogP contribution < -0.4 is 14.8 Å². The van der Waals surface area contributed by atoms with Crippen LogP contribution in [0.2, 0.25) is 0 Å². The molecule has 1 aliphatic heterocycles. The number of carbonyl (C=O) groups is 1. The zero-order chi connectivity index (χ0) is 19.0. The highest BCUT2D eigenvalue weighted by atomic mass is 16.7. The summed E-state index contributed by atoms with van der Waals surface area (Å²) in [6, 6.07) is 11.4. The number of benzene rings is 2. The van der Waals surface area contributed by atoms with E-state index in [1.807, 2.05) is 57.2 Å². The van der Waals surface area contributed by atoms with E-state index >= 15 is 0 Å². The Morgan fingerprint density at radius 1 is 1.04 bits per heavy atom. The molecule has 138 valence electrons. The molecule has 0 aliphatic carbocycles. The van der Waals surface area contributed by atoms with E-state index in [4.69, 9.17) is 13.9 Å². The van der Waals surface area contributed by atoms with Gasteiger partial charge < -0.3 is 19.2 Å². The molecule has 0 bridgehead atoms. The van der Waals surface area contributed by atoms with Gasteiger partial charge in [0.25, 0.3) is 0 Å². The molecule has 2 aromatic carbocycles. The van der Waals surface area contributed by atoms with Crippen molar-refractivity contribution in [2.45, 2.75) is 27.2 Å². The average Bonchev–Trinajstić information content (AvgIpc) is 3.24. The second-order valence-electron chi connectivity index (χ2n) is 6.61. The Morgan fingerprint density at radius 3 is 2.67 bits per heavy atom. The minimum Gasteiger partial charge on any atom is -0.454 e. The first kappa shape index (κ1) is 17.1. The number of aryl methyl sites for hydroxylation is 3. The lowest BCUT2D eigenvalue weighted by atomic mass is 10.1. The van der Waals surface area contributed by atoms with Gasteiger partial charge in [0.05, 0.1) is 12.1 Å². The van der Waals surface area contributed by atoms with E-state index in [0.29, 0.717) is 28.8 Å². The van der Waals surface area contributed by atoms with Crippen molar-refractivity contribution in [2.24, 2.45) is 0 Å². The molecule has 6 heteroatoms. The zero-order valence-electron chi connectivity index (χ0n) is 15.5. The Labute approximate surface area is 157 Å².